The third-order valence-electron chi connectivity index (χ3n) is 4.23. The van der Waals surface area contributed by atoms with Crippen molar-refractivity contribution in [3.05, 3.63) is 57.8 Å². The van der Waals surface area contributed by atoms with E-state index in [2.05, 4.69) is 21.2 Å². The predicted molar refractivity (Wildman–Crippen MR) is 95.5 cm³/mol. The van der Waals surface area contributed by atoms with Crippen LogP contribution in [-0.2, 0) is 6.61 Å². The fourth-order valence-corrected chi connectivity index (χ4v) is 3.51. The van der Waals surface area contributed by atoms with E-state index in [1.807, 2.05) is 36.4 Å². The minimum absolute atomic E-state index is 0.00756. The first-order valence-corrected chi connectivity index (χ1v) is 8.83. The van der Waals surface area contributed by atoms with Gasteiger partial charge in [-0.3, -0.25) is 0 Å². The number of benzene rings is 2. The highest BCUT2D eigenvalue weighted by molar-refractivity contribution is 9.10. The van der Waals surface area contributed by atoms with Crippen molar-refractivity contribution in [1.29, 1.82) is 5.26 Å². The molecule has 124 valence electrons. The van der Waals surface area contributed by atoms with Crippen LogP contribution in [0.25, 0.3) is 0 Å². The number of nitrogens with zero attached hydrogens (tertiary/aromatic N) is 1. The summed E-state index contributed by atoms with van der Waals surface area (Å²) in [5.41, 5.74) is 1.47. The first-order chi connectivity index (χ1) is 11.7. The Kier molecular flexibility index (Phi) is 5.37. The van der Waals surface area contributed by atoms with Crippen LogP contribution in [0.2, 0.25) is 0 Å². The molecule has 0 bridgehead atoms. The Morgan fingerprint density at radius 1 is 1.25 bits per heavy atom. The van der Waals surface area contributed by atoms with E-state index in [0.29, 0.717) is 22.5 Å². The zero-order valence-electron chi connectivity index (χ0n) is 13.2. The van der Waals surface area contributed by atoms with E-state index in [9.17, 15) is 9.65 Å². The lowest BCUT2D eigenvalue weighted by Crippen LogP contribution is -2.17. The maximum atomic E-state index is 14.2. The molecule has 24 heavy (non-hydrogen) atoms. The van der Waals surface area contributed by atoms with Crippen LogP contribution in [0, 0.1) is 17.1 Å². The van der Waals surface area contributed by atoms with Crippen molar-refractivity contribution in [2.75, 3.05) is 5.32 Å². The van der Waals surface area contributed by atoms with Gasteiger partial charge in [-0.25, -0.2) is 4.39 Å². The number of nitrogens with one attached hydrogen (secondary N) is 1. The molecule has 2 aromatic rings. The monoisotopic (exact) mass is 388 g/mol. The van der Waals surface area contributed by atoms with Crippen LogP contribution >= 0.6 is 15.9 Å². The second kappa shape index (κ2) is 7.67. The number of hydrogen-bond donors (Lipinski definition) is 1. The van der Waals surface area contributed by atoms with Gasteiger partial charge < -0.3 is 10.1 Å². The first kappa shape index (κ1) is 16.8. The Hall–Kier alpha value is -2.06. The molecule has 0 unspecified atom stereocenters. The second-order valence-corrected chi connectivity index (χ2v) is 6.79. The molecule has 1 N–H and O–H groups in total. The van der Waals surface area contributed by atoms with E-state index in [-0.39, 0.29) is 11.6 Å². The molecule has 0 atom stereocenters. The molecule has 0 aromatic heterocycles. The van der Waals surface area contributed by atoms with Crippen LogP contribution in [0.4, 0.5) is 10.1 Å². The number of nitriles is 1. The number of rotatable bonds is 5. The van der Waals surface area contributed by atoms with Gasteiger partial charge in [0.25, 0.3) is 0 Å². The third-order valence-corrected chi connectivity index (χ3v) is 4.82. The van der Waals surface area contributed by atoms with Gasteiger partial charge in [-0.15, -0.1) is 0 Å². The van der Waals surface area contributed by atoms with Crippen LogP contribution in [-0.4, -0.2) is 6.04 Å². The number of anilines is 1. The summed E-state index contributed by atoms with van der Waals surface area (Å²) in [6.45, 7) is 0.356. The summed E-state index contributed by atoms with van der Waals surface area (Å²) in [4.78, 5) is 0. The molecule has 0 amide bonds. The van der Waals surface area contributed by atoms with Gasteiger partial charge in [-0.05, 0) is 40.4 Å². The lowest BCUT2D eigenvalue weighted by Gasteiger charge is -2.20. The predicted octanol–water partition coefficient (Wildman–Crippen LogP) is 5.39. The average Bonchev–Trinajstić information content (AvgIpc) is 3.08. The molecule has 3 nitrogen and oxygen atoms in total. The van der Waals surface area contributed by atoms with E-state index >= 15 is 0 Å². The summed E-state index contributed by atoms with van der Waals surface area (Å²) in [6.07, 6.45) is 4.35. The Labute approximate surface area is 149 Å². The van der Waals surface area contributed by atoms with Crippen LogP contribution in [0.3, 0.4) is 0 Å². The molecule has 1 aliphatic rings. The number of halogens is 2. The topological polar surface area (TPSA) is 45.0 Å². The van der Waals surface area contributed by atoms with Crippen molar-refractivity contribution >= 4 is 21.6 Å². The molecule has 5 heteroatoms. The van der Waals surface area contributed by atoms with Crippen LogP contribution in [0.5, 0.6) is 5.75 Å². The van der Waals surface area contributed by atoms with Crippen LogP contribution in [0.1, 0.15) is 36.8 Å². The zero-order chi connectivity index (χ0) is 16.9. The maximum absolute atomic E-state index is 14.2. The maximum Gasteiger partial charge on any atom is 0.158 e. The largest absolute Gasteiger partial charge is 0.485 e. The second-order valence-electron chi connectivity index (χ2n) is 5.93. The quantitative estimate of drug-likeness (QED) is 0.746. The van der Waals surface area contributed by atoms with Gasteiger partial charge in [0.15, 0.2) is 5.75 Å². The zero-order valence-corrected chi connectivity index (χ0v) is 14.8. The molecule has 0 aliphatic heterocycles. The SMILES string of the molecule is N#Cc1c(F)cc(Br)c(OCc2ccccc2)c1NC1CCCC1. The molecule has 1 aliphatic carbocycles. The van der Waals surface area contributed by atoms with Crippen molar-refractivity contribution in [1.82, 2.24) is 0 Å². The summed E-state index contributed by atoms with van der Waals surface area (Å²) in [5, 5.41) is 12.7. The molecule has 2 aromatic carbocycles. The lowest BCUT2D eigenvalue weighted by molar-refractivity contribution is 0.305. The highest BCUT2D eigenvalue weighted by Gasteiger charge is 2.23. The van der Waals surface area contributed by atoms with Crippen molar-refractivity contribution in [2.45, 2.75) is 38.3 Å². The van der Waals surface area contributed by atoms with E-state index in [4.69, 9.17) is 4.74 Å². The van der Waals surface area contributed by atoms with E-state index in [0.717, 1.165) is 31.2 Å². The number of ether oxygens (including phenoxy) is 1. The molecule has 0 radical (unpaired) electrons. The Morgan fingerprint density at radius 3 is 2.62 bits per heavy atom. The van der Waals surface area contributed by atoms with E-state index in [1.165, 1.54) is 6.07 Å². The normalized spacial score (nSPS) is 14.4. The van der Waals surface area contributed by atoms with Gasteiger partial charge >= 0.3 is 0 Å². The Morgan fingerprint density at radius 2 is 1.96 bits per heavy atom. The molecule has 1 fully saturated rings. The standard InChI is InChI=1S/C19H18BrFN2O/c20-16-10-17(21)15(11-22)18(23-14-8-4-5-9-14)19(16)24-12-13-6-2-1-3-7-13/h1-3,6-7,10,14,23H,4-5,8-9,12H2. The fourth-order valence-electron chi connectivity index (χ4n) is 2.99. The summed E-state index contributed by atoms with van der Waals surface area (Å²) in [5.74, 6) is -0.0550. The minimum atomic E-state index is -0.545. The van der Waals surface area contributed by atoms with Crippen molar-refractivity contribution in [3.8, 4) is 11.8 Å². The summed E-state index contributed by atoms with van der Waals surface area (Å²) in [7, 11) is 0. The molecular weight excluding hydrogens is 371 g/mol. The van der Waals surface area contributed by atoms with Crippen LogP contribution in [0.15, 0.2) is 40.9 Å². The van der Waals surface area contributed by atoms with E-state index < -0.39 is 5.82 Å². The molecule has 1 saturated carbocycles. The summed E-state index contributed by atoms with van der Waals surface area (Å²) in [6, 6.07) is 13.3. The molecule has 0 heterocycles. The van der Waals surface area contributed by atoms with Gasteiger partial charge in [-0.2, -0.15) is 5.26 Å². The van der Waals surface area contributed by atoms with Gasteiger partial charge in [0.05, 0.1) is 10.2 Å². The smallest absolute Gasteiger partial charge is 0.158 e. The fraction of sp³-hybridized carbons (Fsp3) is 0.316. The number of hydrogen-bond acceptors (Lipinski definition) is 3. The van der Waals surface area contributed by atoms with Crippen molar-refractivity contribution in [2.24, 2.45) is 0 Å². The Bertz CT molecular complexity index is 752. The first-order valence-electron chi connectivity index (χ1n) is 8.04. The van der Waals surface area contributed by atoms with Gasteiger partial charge in [-0.1, -0.05) is 43.2 Å². The highest BCUT2D eigenvalue weighted by atomic mass is 79.9. The summed E-state index contributed by atoms with van der Waals surface area (Å²) < 4.78 is 20.6. The van der Waals surface area contributed by atoms with Crippen molar-refractivity contribution in [3.63, 3.8) is 0 Å². The average molecular weight is 389 g/mol. The highest BCUT2D eigenvalue weighted by Crippen LogP contribution is 2.40. The van der Waals surface area contributed by atoms with E-state index in [1.54, 1.807) is 0 Å². The summed E-state index contributed by atoms with van der Waals surface area (Å²) >= 11 is 3.37. The Balaban J connectivity index is 1.91. The molecule has 3 rings (SSSR count). The minimum Gasteiger partial charge on any atom is -0.485 e. The molecule has 0 saturated heterocycles. The van der Waals surface area contributed by atoms with Gasteiger partial charge in [0, 0.05) is 6.04 Å². The molecule has 0 spiro atoms. The van der Waals surface area contributed by atoms with Gasteiger partial charge in [0.1, 0.15) is 24.1 Å². The third kappa shape index (κ3) is 3.70. The molecular formula is C19H18BrFN2O. The van der Waals surface area contributed by atoms with Gasteiger partial charge in [0.2, 0.25) is 0 Å². The van der Waals surface area contributed by atoms with Crippen molar-refractivity contribution < 1.29 is 9.13 Å². The lowest BCUT2D eigenvalue weighted by atomic mass is 10.1. The van der Waals surface area contributed by atoms with Crippen LogP contribution < -0.4 is 10.1 Å².